The Morgan fingerprint density at radius 2 is 1.83 bits per heavy atom. The van der Waals surface area contributed by atoms with Crippen molar-refractivity contribution < 1.29 is 9.32 Å². The van der Waals surface area contributed by atoms with Crippen molar-refractivity contribution in [1.29, 1.82) is 0 Å². The first-order valence-electron chi connectivity index (χ1n) is 10.2. The molecule has 0 bridgehead atoms. The fourth-order valence-corrected chi connectivity index (χ4v) is 4.70. The van der Waals surface area contributed by atoms with Crippen LogP contribution in [0.2, 0.25) is 0 Å². The molecular weight excluding hydrogens is 384 g/mol. The number of rotatable bonds is 4. The highest BCUT2D eigenvalue weighted by atomic mass is 32.1. The molecule has 6 nitrogen and oxygen atoms in total. The summed E-state index contributed by atoms with van der Waals surface area (Å²) in [7, 11) is 0. The Balaban J connectivity index is 1.21. The normalized spacial score (nSPS) is 17.4. The van der Waals surface area contributed by atoms with Crippen molar-refractivity contribution in [3.63, 3.8) is 0 Å². The molecule has 2 aliphatic rings. The molecule has 1 aromatic carbocycles. The van der Waals surface area contributed by atoms with E-state index in [2.05, 4.69) is 39.3 Å². The second-order valence-corrected chi connectivity index (χ2v) is 9.11. The third kappa shape index (κ3) is 3.67. The summed E-state index contributed by atoms with van der Waals surface area (Å²) in [5.41, 5.74) is 2.14. The van der Waals surface area contributed by atoms with Gasteiger partial charge < -0.3 is 14.3 Å². The zero-order valence-electron chi connectivity index (χ0n) is 16.5. The van der Waals surface area contributed by atoms with E-state index in [1.807, 2.05) is 24.0 Å². The fourth-order valence-electron chi connectivity index (χ4n) is 3.87. The highest BCUT2D eigenvalue weighted by molar-refractivity contribution is 7.13. The van der Waals surface area contributed by atoms with E-state index in [9.17, 15) is 4.79 Å². The molecule has 0 unspecified atom stereocenters. The van der Waals surface area contributed by atoms with Gasteiger partial charge in [-0.2, -0.15) is 4.98 Å². The quantitative estimate of drug-likeness (QED) is 0.643. The van der Waals surface area contributed by atoms with Crippen LogP contribution in [-0.4, -0.2) is 47.1 Å². The van der Waals surface area contributed by atoms with Crippen molar-refractivity contribution >= 4 is 22.9 Å². The Hall–Kier alpha value is -2.67. The van der Waals surface area contributed by atoms with Gasteiger partial charge in [-0.3, -0.25) is 4.79 Å². The number of thiophene rings is 1. The number of amides is 1. The van der Waals surface area contributed by atoms with Crippen LogP contribution in [-0.2, 0) is 0 Å². The molecular formula is C22H24N4O2S. The Morgan fingerprint density at radius 1 is 1.07 bits per heavy atom. The van der Waals surface area contributed by atoms with Crippen LogP contribution in [0.3, 0.4) is 0 Å². The lowest BCUT2D eigenvalue weighted by Crippen LogP contribution is -2.48. The predicted molar refractivity (Wildman–Crippen MR) is 113 cm³/mol. The topological polar surface area (TPSA) is 62.5 Å². The minimum Gasteiger partial charge on any atom is -0.368 e. The molecule has 0 N–H and O–H groups in total. The number of anilines is 1. The summed E-state index contributed by atoms with van der Waals surface area (Å²) in [5.74, 6) is 2.04. The van der Waals surface area contributed by atoms with Crippen molar-refractivity contribution in [1.82, 2.24) is 15.0 Å². The Labute approximate surface area is 174 Å². The third-order valence-electron chi connectivity index (χ3n) is 5.90. The number of benzene rings is 1. The van der Waals surface area contributed by atoms with E-state index >= 15 is 0 Å². The zero-order valence-corrected chi connectivity index (χ0v) is 17.3. The second kappa shape index (κ2) is 7.63. The van der Waals surface area contributed by atoms with Crippen molar-refractivity contribution in [2.24, 2.45) is 0 Å². The van der Waals surface area contributed by atoms with Gasteiger partial charge >= 0.3 is 0 Å². The van der Waals surface area contributed by atoms with E-state index in [0.29, 0.717) is 11.7 Å². The van der Waals surface area contributed by atoms with E-state index in [4.69, 9.17) is 4.52 Å². The molecule has 0 atom stereocenters. The Kier molecular flexibility index (Phi) is 4.83. The smallest absolute Gasteiger partial charge is 0.264 e. The molecule has 1 saturated carbocycles. The van der Waals surface area contributed by atoms with E-state index in [-0.39, 0.29) is 5.91 Å². The van der Waals surface area contributed by atoms with Gasteiger partial charge in [0.1, 0.15) is 0 Å². The molecule has 1 aliphatic heterocycles. The monoisotopic (exact) mass is 408 g/mol. The molecule has 2 aromatic heterocycles. The van der Waals surface area contributed by atoms with Crippen LogP contribution >= 0.6 is 11.3 Å². The maximum atomic E-state index is 12.6. The van der Waals surface area contributed by atoms with Gasteiger partial charge in [-0.15, -0.1) is 11.3 Å². The van der Waals surface area contributed by atoms with Gasteiger partial charge in [-0.05, 0) is 56.2 Å². The van der Waals surface area contributed by atoms with Gasteiger partial charge in [-0.25, -0.2) is 0 Å². The van der Waals surface area contributed by atoms with Crippen LogP contribution in [0.25, 0.3) is 11.4 Å². The number of aromatic nitrogens is 2. The summed E-state index contributed by atoms with van der Waals surface area (Å²) >= 11 is 1.57. The minimum absolute atomic E-state index is 0.150. The maximum Gasteiger partial charge on any atom is 0.264 e. The van der Waals surface area contributed by atoms with Gasteiger partial charge in [0.15, 0.2) is 0 Å². The molecule has 5 rings (SSSR count). The molecule has 0 spiro atoms. The van der Waals surface area contributed by atoms with Crippen molar-refractivity contribution in [2.75, 3.05) is 31.1 Å². The third-order valence-corrected chi connectivity index (χ3v) is 6.89. The average Bonchev–Trinajstić information content (AvgIpc) is 3.36. The maximum absolute atomic E-state index is 12.6. The lowest BCUT2D eigenvalue weighted by Gasteiger charge is -2.36. The van der Waals surface area contributed by atoms with E-state index in [1.54, 1.807) is 11.3 Å². The van der Waals surface area contributed by atoms with Crippen LogP contribution in [0.15, 0.2) is 40.9 Å². The van der Waals surface area contributed by atoms with Crippen molar-refractivity contribution in [3.05, 3.63) is 52.0 Å². The van der Waals surface area contributed by atoms with E-state index in [0.717, 1.165) is 61.0 Å². The SMILES string of the molecule is Cc1ccc(C(=O)N2CCN(c3ccc(-c4noc(C5CCC5)n4)cc3)CC2)s1. The summed E-state index contributed by atoms with van der Waals surface area (Å²) in [4.78, 5) is 23.5. The Bertz CT molecular complexity index is 998. The van der Waals surface area contributed by atoms with Crippen LogP contribution in [0.1, 0.15) is 45.6 Å². The largest absolute Gasteiger partial charge is 0.368 e. The molecule has 3 heterocycles. The van der Waals surface area contributed by atoms with E-state index < -0.39 is 0 Å². The summed E-state index contributed by atoms with van der Waals surface area (Å²) in [6.45, 7) is 5.19. The first-order chi connectivity index (χ1) is 14.2. The first kappa shape index (κ1) is 18.4. The predicted octanol–water partition coefficient (Wildman–Crippen LogP) is 4.34. The van der Waals surface area contributed by atoms with Crippen molar-refractivity contribution in [3.8, 4) is 11.4 Å². The second-order valence-electron chi connectivity index (χ2n) is 7.82. The van der Waals surface area contributed by atoms with Gasteiger partial charge in [0, 0.05) is 48.2 Å². The van der Waals surface area contributed by atoms with Crippen LogP contribution in [0.4, 0.5) is 5.69 Å². The standard InChI is InChI=1S/C22H24N4O2S/c1-15-5-10-19(29-15)22(27)26-13-11-25(12-14-26)18-8-6-16(7-9-18)20-23-21(28-24-20)17-3-2-4-17/h5-10,17H,2-4,11-14H2,1H3. The van der Waals surface area contributed by atoms with Gasteiger partial charge in [0.05, 0.1) is 4.88 Å². The zero-order chi connectivity index (χ0) is 19.8. The van der Waals surface area contributed by atoms with Gasteiger partial charge in [-0.1, -0.05) is 11.6 Å². The van der Waals surface area contributed by atoms with Gasteiger partial charge in [0.25, 0.3) is 5.91 Å². The van der Waals surface area contributed by atoms with Crippen LogP contribution in [0, 0.1) is 6.92 Å². The summed E-state index contributed by atoms with van der Waals surface area (Å²) in [6, 6.07) is 12.3. The molecule has 150 valence electrons. The molecule has 1 aliphatic carbocycles. The molecule has 1 saturated heterocycles. The molecule has 3 aromatic rings. The summed E-state index contributed by atoms with van der Waals surface area (Å²) < 4.78 is 5.43. The molecule has 2 fully saturated rings. The summed E-state index contributed by atoms with van der Waals surface area (Å²) in [5, 5.41) is 4.15. The lowest BCUT2D eigenvalue weighted by molar-refractivity contribution is 0.0751. The number of hydrogen-bond acceptors (Lipinski definition) is 6. The molecule has 29 heavy (non-hydrogen) atoms. The highest BCUT2D eigenvalue weighted by Gasteiger charge is 2.26. The fraction of sp³-hybridized carbons (Fsp3) is 0.409. The van der Waals surface area contributed by atoms with Gasteiger partial charge in [0.2, 0.25) is 11.7 Å². The van der Waals surface area contributed by atoms with Crippen LogP contribution in [0.5, 0.6) is 0 Å². The lowest BCUT2D eigenvalue weighted by atomic mass is 9.85. The number of carbonyl (C=O) groups is 1. The number of nitrogens with zero attached hydrogens (tertiary/aromatic N) is 4. The molecule has 1 amide bonds. The highest BCUT2D eigenvalue weighted by Crippen LogP contribution is 2.36. The number of carbonyl (C=O) groups excluding carboxylic acids is 1. The molecule has 0 radical (unpaired) electrons. The number of aryl methyl sites for hydroxylation is 1. The molecule has 7 heteroatoms. The minimum atomic E-state index is 0.150. The summed E-state index contributed by atoms with van der Waals surface area (Å²) in [6.07, 6.45) is 3.56. The van der Waals surface area contributed by atoms with Crippen molar-refractivity contribution in [2.45, 2.75) is 32.1 Å². The number of piperazine rings is 1. The van der Waals surface area contributed by atoms with E-state index in [1.165, 1.54) is 11.3 Å². The first-order valence-corrected chi connectivity index (χ1v) is 11.0. The Morgan fingerprint density at radius 3 is 2.45 bits per heavy atom. The average molecular weight is 409 g/mol. The number of hydrogen-bond donors (Lipinski definition) is 0. The van der Waals surface area contributed by atoms with Crippen LogP contribution < -0.4 is 4.90 Å².